The average molecular weight is 523 g/mol. The molecule has 8 heteroatoms. The number of rotatable bonds is 4. The van der Waals surface area contributed by atoms with Crippen molar-refractivity contribution in [3.63, 3.8) is 0 Å². The fourth-order valence-electron chi connectivity index (χ4n) is 6.23. The summed E-state index contributed by atoms with van der Waals surface area (Å²) in [4.78, 5) is 13.0. The predicted molar refractivity (Wildman–Crippen MR) is 138 cm³/mol. The van der Waals surface area contributed by atoms with Crippen molar-refractivity contribution >= 4 is 5.97 Å². The second kappa shape index (κ2) is 8.33. The highest BCUT2D eigenvalue weighted by molar-refractivity contribution is 5.79. The third-order valence-electron chi connectivity index (χ3n) is 7.98. The van der Waals surface area contributed by atoms with E-state index in [1.807, 2.05) is 66.7 Å². The molecule has 3 heterocycles. The van der Waals surface area contributed by atoms with Gasteiger partial charge in [-0.15, -0.1) is 0 Å². The molecule has 194 valence electrons. The van der Waals surface area contributed by atoms with Crippen LogP contribution in [-0.4, -0.2) is 31.5 Å². The minimum absolute atomic E-state index is 0.149. The fourth-order valence-corrected chi connectivity index (χ4v) is 6.23. The van der Waals surface area contributed by atoms with Crippen LogP contribution in [0.4, 0.5) is 0 Å². The first kappa shape index (κ1) is 22.2. The molecule has 39 heavy (non-hydrogen) atoms. The molecule has 1 aliphatic carbocycles. The van der Waals surface area contributed by atoms with Gasteiger partial charge in [0.05, 0.1) is 5.92 Å². The van der Waals surface area contributed by atoms with Gasteiger partial charge < -0.3 is 33.5 Å². The van der Waals surface area contributed by atoms with Gasteiger partial charge in [-0.05, 0) is 69.8 Å². The van der Waals surface area contributed by atoms with E-state index < -0.39 is 23.7 Å². The van der Waals surface area contributed by atoms with Crippen molar-refractivity contribution < 1.29 is 38.3 Å². The van der Waals surface area contributed by atoms with Crippen LogP contribution in [-0.2, 0) is 4.79 Å². The van der Waals surface area contributed by atoms with Crippen molar-refractivity contribution in [3.05, 3.63) is 95.1 Å². The lowest BCUT2D eigenvalue weighted by molar-refractivity contribution is -0.142. The predicted octanol–water partition coefficient (Wildman–Crippen LogP) is 5.52. The Bertz CT molecular complexity index is 1660. The third kappa shape index (κ3) is 3.41. The highest BCUT2D eigenvalue weighted by atomic mass is 16.7. The summed E-state index contributed by atoms with van der Waals surface area (Å²) < 4.78 is 33.4. The van der Waals surface area contributed by atoms with Crippen molar-refractivity contribution in [1.29, 1.82) is 0 Å². The minimum atomic E-state index is -0.874. The molecule has 0 spiro atoms. The van der Waals surface area contributed by atoms with E-state index in [0.29, 0.717) is 34.5 Å². The highest BCUT2D eigenvalue weighted by Gasteiger charge is 2.47. The first-order valence-corrected chi connectivity index (χ1v) is 12.7. The molecule has 0 radical (unpaired) electrons. The number of ether oxygens (including phenoxy) is 6. The van der Waals surface area contributed by atoms with Crippen LogP contribution in [0.3, 0.4) is 0 Å². The molecule has 8 nitrogen and oxygen atoms in total. The molecule has 0 aromatic heterocycles. The summed E-state index contributed by atoms with van der Waals surface area (Å²) in [5.41, 5.74) is 5.58. The average Bonchev–Trinajstić information content (AvgIpc) is 3.75. The molecule has 0 saturated carbocycles. The first-order chi connectivity index (χ1) is 19.1. The number of carboxylic acid groups (broad SMARTS) is 1. The molecule has 0 fully saturated rings. The van der Waals surface area contributed by atoms with Crippen molar-refractivity contribution in [2.75, 3.05) is 20.4 Å². The number of hydrogen-bond donors (Lipinski definition) is 1. The molecular formula is C31H22O8. The molecule has 8 rings (SSSR count). The maximum absolute atomic E-state index is 13.0. The van der Waals surface area contributed by atoms with Gasteiger partial charge in [-0.1, -0.05) is 36.4 Å². The molecule has 0 bridgehead atoms. The van der Waals surface area contributed by atoms with Crippen molar-refractivity contribution in [1.82, 2.24) is 0 Å². The monoisotopic (exact) mass is 522 g/mol. The van der Waals surface area contributed by atoms with Crippen LogP contribution in [0.2, 0.25) is 0 Å². The van der Waals surface area contributed by atoms with E-state index in [1.165, 1.54) is 0 Å². The van der Waals surface area contributed by atoms with Gasteiger partial charge in [0.15, 0.2) is 34.5 Å². The molecular weight excluding hydrogens is 500 g/mol. The van der Waals surface area contributed by atoms with E-state index in [4.69, 9.17) is 28.4 Å². The van der Waals surface area contributed by atoms with E-state index in [9.17, 15) is 9.90 Å². The zero-order valence-electron chi connectivity index (χ0n) is 20.6. The molecule has 3 atom stereocenters. The van der Waals surface area contributed by atoms with Crippen LogP contribution in [0, 0.1) is 5.92 Å². The van der Waals surface area contributed by atoms with Gasteiger partial charge in [0, 0.05) is 11.8 Å². The summed E-state index contributed by atoms with van der Waals surface area (Å²) in [5, 5.41) is 10.7. The summed E-state index contributed by atoms with van der Waals surface area (Å²) in [5.74, 6) is 1.53. The van der Waals surface area contributed by atoms with Crippen LogP contribution >= 0.6 is 0 Å². The normalized spacial score (nSPS) is 21.2. The van der Waals surface area contributed by atoms with Gasteiger partial charge in [0.25, 0.3) is 0 Å². The summed E-state index contributed by atoms with van der Waals surface area (Å²) in [6, 6.07) is 23.4. The fraction of sp³-hybridized carbons (Fsp3) is 0.194. The topological polar surface area (TPSA) is 92.7 Å². The molecule has 0 amide bonds. The molecule has 4 aromatic rings. The second-order valence-electron chi connectivity index (χ2n) is 9.96. The number of hydrogen-bond acceptors (Lipinski definition) is 7. The highest BCUT2D eigenvalue weighted by Crippen LogP contribution is 2.55. The maximum atomic E-state index is 13.0. The molecule has 4 aliphatic rings. The Labute approximate surface area is 223 Å². The standard InChI is InChI=1S/C31H22O8/c32-31(33)30-28(18-3-7-23-26(11-18)38-14-35-23)20-5-1-16(17-2-6-22-25(10-17)37-13-34-22)9-21(20)29(30)19-4-8-24-27(12-19)39-15-36-24/h1-12,28-30H,13-15H2,(H,32,33). The van der Waals surface area contributed by atoms with Crippen LogP contribution in [0.1, 0.15) is 34.1 Å². The van der Waals surface area contributed by atoms with Gasteiger partial charge in [0.1, 0.15) is 0 Å². The number of carboxylic acids is 1. The number of aliphatic carboxylic acids is 1. The molecule has 0 saturated heterocycles. The van der Waals surface area contributed by atoms with Gasteiger partial charge in [-0.3, -0.25) is 4.79 Å². The van der Waals surface area contributed by atoms with Crippen LogP contribution in [0.15, 0.2) is 72.8 Å². The summed E-state index contributed by atoms with van der Waals surface area (Å²) >= 11 is 0. The Morgan fingerprint density at radius 3 is 1.59 bits per heavy atom. The third-order valence-corrected chi connectivity index (χ3v) is 7.98. The SMILES string of the molecule is O=C(O)C1C(c2ccc3c(c2)OCO3)c2ccc(-c3ccc4c(c3)OCO4)cc2C1c1ccc2c(c1)OCO2. The van der Waals surface area contributed by atoms with Gasteiger partial charge in [-0.25, -0.2) is 0 Å². The summed E-state index contributed by atoms with van der Waals surface area (Å²) in [6.07, 6.45) is 0. The van der Waals surface area contributed by atoms with Crippen molar-refractivity contribution in [3.8, 4) is 45.6 Å². The zero-order chi connectivity index (χ0) is 26.1. The Balaban J connectivity index is 1.31. The Morgan fingerprint density at radius 2 is 1.00 bits per heavy atom. The van der Waals surface area contributed by atoms with E-state index in [-0.39, 0.29) is 20.4 Å². The van der Waals surface area contributed by atoms with E-state index in [1.54, 1.807) is 0 Å². The lowest BCUT2D eigenvalue weighted by Gasteiger charge is -2.23. The largest absolute Gasteiger partial charge is 0.481 e. The van der Waals surface area contributed by atoms with Crippen LogP contribution in [0.25, 0.3) is 11.1 Å². The first-order valence-electron chi connectivity index (χ1n) is 12.7. The Morgan fingerprint density at radius 1 is 0.538 bits per heavy atom. The van der Waals surface area contributed by atoms with Gasteiger partial charge >= 0.3 is 5.97 Å². The maximum Gasteiger partial charge on any atom is 0.308 e. The Hall–Kier alpha value is -4.85. The van der Waals surface area contributed by atoms with Crippen LogP contribution in [0.5, 0.6) is 34.5 Å². The Kier molecular flexibility index (Phi) is 4.73. The smallest absolute Gasteiger partial charge is 0.308 e. The minimum Gasteiger partial charge on any atom is -0.481 e. The molecule has 3 unspecified atom stereocenters. The number of fused-ring (bicyclic) bond motifs is 4. The number of benzene rings is 4. The lowest BCUT2D eigenvalue weighted by Crippen LogP contribution is -2.24. The zero-order valence-corrected chi connectivity index (χ0v) is 20.6. The number of carbonyl (C=O) groups is 1. The van der Waals surface area contributed by atoms with E-state index in [2.05, 4.69) is 6.07 Å². The van der Waals surface area contributed by atoms with E-state index >= 15 is 0 Å². The van der Waals surface area contributed by atoms with E-state index in [0.717, 1.165) is 33.4 Å². The van der Waals surface area contributed by atoms with Crippen LogP contribution < -0.4 is 28.4 Å². The van der Waals surface area contributed by atoms with Crippen molar-refractivity contribution in [2.24, 2.45) is 5.92 Å². The van der Waals surface area contributed by atoms with Crippen molar-refractivity contribution in [2.45, 2.75) is 11.8 Å². The molecule has 3 aliphatic heterocycles. The van der Waals surface area contributed by atoms with Gasteiger partial charge in [0.2, 0.25) is 20.4 Å². The second-order valence-corrected chi connectivity index (χ2v) is 9.96. The lowest BCUT2D eigenvalue weighted by atomic mass is 9.79. The summed E-state index contributed by atoms with van der Waals surface area (Å²) in [7, 11) is 0. The molecule has 4 aromatic carbocycles. The van der Waals surface area contributed by atoms with Gasteiger partial charge in [-0.2, -0.15) is 0 Å². The quantitative estimate of drug-likeness (QED) is 0.375. The summed E-state index contributed by atoms with van der Waals surface area (Å²) in [6.45, 7) is 0.504. The molecule has 1 N–H and O–H groups in total.